The number of halogens is 1. The Hall–Kier alpha value is -3.15. The highest BCUT2D eigenvalue weighted by molar-refractivity contribution is 5.94. The molecule has 4 rings (SSSR count). The van der Waals surface area contributed by atoms with Crippen LogP contribution in [0.3, 0.4) is 0 Å². The largest absolute Gasteiger partial charge is 0.487 e. The van der Waals surface area contributed by atoms with Crippen LogP contribution in [0.4, 0.5) is 4.39 Å². The van der Waals surface area contributed by atoms with Crippen LogP contribution in [0, 0.1) is 12.7 Å². The van der Waals surface area contributed by atoms with Crippen LogP contribution in [-0.4, -0.2) is 27.1 Å². The quantitative estimate of drug-likeness (QED) is 0.710. The molecule has 0 radical (unpaired) electrons. The summed E-state index contributed by atoms with van der Waals surface area (Å²) in [6.07, 6.45) is 0. The molecule has 1 aliphatic rings. The predicted octanol–water partition coefficient (Wildman–Crippen LogP) is 3.57. The fraction of sp³-hybridized carbons (Fsp3) is 0.238. The zero-order chi connectivity index (χ0) is 18.8. The van der Waals surface area contributed by atoms with Crippen LogP contribution < -0.4 is 4.74 Å². The molecule has 0 N–H and O–H groups in total. The van der Waals surface area contributed by atoms with Gasteiger partial charge in [-0.1, -0.05) is 18.2 Å². The summed E-state index contributed by atoms with van der Waals surface area (Å²) in [4.78, 5) is 14.5. The number of ether oxygens (including phenoxy) is 1. The van der Waals surface area contributed by atoms with Crippen molar-refractivity contribution in [3.8, 4) is 5.75 Å². The Morgan fingerprint density at radius 1 is 1.15 bits per heavy atom. The highest BCUT2D eigenvalue weighted by Gasteiger charge is 2.23. The number of amides is 1. The normalized spacial score (nSPS) is 13.3. The van der Waals surface area contributed by atoms with E-state index in [4.69, 9.17) is 4.74 Å². The average Bonchev–Trinajstić information content (AvgIpc) is 3.11. The van der Waals surface area contributed by atoms with Crippen molar-refractivity contribution in [1.82, 2.24) is 14.7 Å². The van der Waals surface area contributed by atoms with Crippen LogP contribution in [0.25, 0.3) is 0 Å². The molecule has 2 aromatic carbocycles. The molecule has 138 valence electrons. The van der Waals surface area contributed by atoms with Gasteiger partial charge < -0.3 is 9.64 Å². The van der Waals surface area contributed by atoms with Gasteiger partial charge in [0.2, 0.25) is 0 Å². The molecule has 0 aliphatic carbocycles. The zero-order valence-electron chi connectivity index (χ0n) is 15.1. The van der Waals surface area contributed by atoms with Crippen molar-refractivity contribution in [2.45, 2.75) is 26.6 Å². The molecule has 2 heterocycles. The van der Waals surface area contributed by atoms with Crippen molar-refractivity contribution >= 4 is 5.91 Å². The van der Waals surface area contributed by atoms with E-state index in [9.17, 15) is 9.18 Å². The molecule has 3 aromatic rings. The van der Waals surface area contributed by atoms with Gasteiger partial charge >= 0.3 is 0 Å². The Morgan fingerprint density at radius 2 is 1.96 bits per heavy atom. The Balaban J connectivity index is 1.44. The molecule has 0 atom stereocenters. The summed E-state index contributed by atoms with van der Waals surface area (Å²) in [6, 6.07) is 16.0. The lowest BCUT2D eigenvalue weighted by Crippen LogP contribution is -2.38. The highest BCUT2D eigenvalue weighted by Crippen LogP contribution is 2.19. The van der Waals surface area contributed by atoms with Crippen LogP contribution >= 0.6 is 0 Å². The molecule has 0 saturated heterocycles. The lowest BCUT2D eigenvalue weighted by molar-refractivity contribution is 0.0706. The van der Waals surface area contributed by atoms with Crippen molar-refractivity contribution in [3.63, 3.8) is 0 Å². The van der Waals surface area contributed by atoms with E-state index in [0.717, 1.165) is 17.1 Å². The van der Waals surface area contributed by atoms with E-state index in [1.807, 2.05) is 41.1 Å². The minimum Gasteiger partial charge on any atom is -0.487 e. The van der Waals surface area contributed by atoms with Crippen molar-refractivity contribution in [2.75, 3.05) is 6.54 Å². The van der Waals surface area contributed by atoms with E-state index >= 15 is 0 Å². The number of carbonyl (C=O) groups is 1. The molecule has 5 nitrogen and oxygen atoms in total. The maximum absolute atomic E-state index is 13.5. The summed E-state index contributed by atoms with van der Waals surface area (Å²) < 4.78 is 21.1. The zero-order valence-corrected chi connectivity index (χ0v) is 15.1. The summed E-state index contributed by atoms with van der Waals surface area (Å²) in [5, 5.41) is 4.56. The topological polar surface area (TPSA) is 47.4 Å². The second-order valence-electron chi connectivity index (χ2n) is 6.64. The van der Waals surface area contributed by atoms with Crippen LogP contribution in [0.15, 0.2) is 54.6 Å². The molecule has 1 aromatic heterocycles. The van der Waals surface area contributed by atoms with Gasteiger partial charge in [-0.3, -0.25) is 9.48 Å². The fourth-order valence-electron chi connectivity index (χ4n) is 3.20. The first-order valence-corrected chi connectivity index (χ1v) is 8.89. The van der Waals surface area contributed by atoms with Gasteiger partial charge in [-0.25, -0.2) is 4.39 Å². The SMILES string of the molecule is Cc1cc(C(=O)N2CCn3nc(COc4ccccc4)cc3C2)ccc1F. The third kappa shape index (κ3) is 3.69. The predicted molar refractivity (Wildman–Crippen MR) is 98.9 cm³/mol. The first kappa shape index (κ1) is 17.3. The van der Waals surface area contributed by atoms with E-state index in [0.29, 0.717) is 37.4 Å². The van der Waals surface area contributed by atoms with Crippen molar-refractivity contribution < 1.29 is 13.9 Å². The van der Waals surface area contributed by atoms with Gasteiger partial charge in [0.1, 0.15) is 23.9 Å². The van der Waals surface area contributed by atoms with Gasteiger partial charge in [0.25, 0.3) is 5.91 Å². The van der Waals surface area contributed by atoms with Gasteiger partial charge in [0.15, 0.2) is 0 Å². The molecule has 0 saturated carbocycles. The molecule has 6 heteroatoms. The number of para-hydroxylation sites is 1. The summed E-state index contributed by atoms with van der Waals surface area (Å²) in [7, 11) is 0. The maximum Gasteiger partial charge on any atom is 0.254 e. The number of benzene rings is 2. The number of rotatable bonds is 4. The standard InChI is InChI=1S/C21H20FN3O2/c1-15-11-16(7-8-20(15)22)21(26)24-9-10-25-18(13-24)12-17(23-25)14-27-19-5-3-2-4-6-19/h2-8,11-12H,9-10,13-14H2,1H3. The van der Waals surface area contributed by atoms with Gasteiger partial charge in [0, 0.05) is 12.1 Å². The Bertz CT molecular complexity index is 969. The number of aromatic nitrogens is 2. The third-order valence-electron chi connectivity index (χ3n) is 4.67. The number of hydrogen-bond acceptors (Lipinski definition) is 3. The summed E-state index contributed by atoms with van der Waals surface area (Å²) in [5.41, 5.74) is 2.79. The van der Waals surface area contributed by atoms with E-state index in [1.165, 1.54) is 12.1 Å². The molecule has 0 spiro atoms. The van der Waals surface area contributed by atoms with Crippen molar-refractivity contribution in [2.24, 2.45) is 0 Å². The number of aryl methyl sites for hydroxylation is 1. The van der Waals surface area contributed by atoms with Gasteiger partial charge in [-0.05, 0) is 48.9 Å². The first-order valence-electron chi connectivity index (χ1n) is 8.89. The van der Waals surface area contributed by atoms with E-state index in [1.54, 1.807) is 17.9 Å². The molecular weight excluding hydrogens is 345 g/mol. The van der Waals surface area contributed by atoms with E-state index in [-0.39, 0.29) is 11.7 Å². The Morgan fingerprint density at radius 3 is 2.74 bits per heavy atom. The molecule has 0 fully saturated rings. The second-order valence-corrected chi connectivity index (χ2v) is 6.64. The van der Waals surface area contributed by atoms with E-state index < -0.39 is 0 Å². The van der Waals surface area contributed by atoms with Crippen LogP contribution in [0.2, 0.25) is 0 Å². The molecule has 1 amide bonds. The second kappa shape index (κ2) is 7.23. The molecule has 27 heavy (non-hydrogen) atoms. The van der Waals surface area contributed by atoms with Crippen LogP contribution in [-0.2, 0) is 19.7 Å². The minimum atomic E-state index is -0.300. The lowest BCUT2D eigenvalue weighted by Gasteiger charge is -2.27. The Labute approximate surface area is 157 Å². The van der Waals surface area contributed by atoms with Crippen LogP contribution in [0.1, 0.15) is 27.3 Å². The van der Waals surface area contributed by atoms with Gasteiger partial charge in [-0.15, -0.1) is 0 Å². The summed E-state index contributed by atoms with van der Waals surface area (Å²) in [6.45, 7) is 3.73. The number of carbonyl (C=O) groups excluding carboxylic acids is 1. The molecule has 0 bridgehead atoms. The van der Waals surface area contributed by atoms with Gasteiger partial charge in [-0.2, -0.15) is 5.10 Å². The number of fused-ring (bicyclic) bond motifs is 1. The average molecular weight is 365 g/mol. The first-order chi connectivity index (χ1) is 13.1. The maximum atomic E-state index is 13.5. The van der Waals surface area contributed by atoms with Crippen molar-refractivity contribution in [3.05, 3.63) is 82.9 Å². The molecule has 0 unspecified atom stereocenters. The summed E-state index contributed by atoms with van der Waals surface area (Å²) >= 11 is 0. The monoisotopic (exact) mass is 365 g/mol. The number of hydrogen-bond donors (Lipinski definition) is 0. The van der Waals surface area contributed by atoms with Crippen LogP contribution in [0.5, 0.6) is 5.75 Å². The molecule has 1 aliphatic heterocycles. The minimum absolute atomic E-state index is 0.0902. The van der Waals surface area contributed by atoms with E-state index in [2.05, 4.69) is 5.10 Å². The summed E-state index contributed by atoms with van der Waals surface area (Å²) in [5.74, 6) is 0.408. The number of nitrogens with zero attached hydrogens (tertiary/aromatic N) is 3. The van der Waals surface area contributed by atoms with Crippen molar-refractivity contribution in [1.29, 1.82) is 0 Å². The lowest BCUT2D eigenvalue weighted by atomic mass is 10.1. The highest BCUT2D eigenvalue weighted by atomic mass is 19.1. The third-order valence-corrected chi connectivity index (χ3v) is 4.67. The fourth-order valence-corrected chi connectivity index (χ4v) is 3.20. The Kier molecular flexibility index (Phi) is 4.62. The van der Waals surface area contributed by atoms with Gasteiger partial charge in [0.05, 0.1) is 18.8 Å². The smallest absolute Gasteiger partial charge is 0.254 e. The molecular formula is C21H20FN3O2.